The molecule has 108 valence electrons. The predicted molar refractivity (Wildman–Crippen MR) is 73.4 cm³/mol. The maximum absolute atomic E-state index is 10.0. The highest BCUT2D eigenvalue weighted by molar-refractivity contribution is 5.68. The van der Waals surface area contributed by atoms with Crippen LogP contribution in [-0.2, 0) is 4.74 Å². The van der Waals surface area contributed by atoms with E-state index < -0.39 is 17.3 Å². The molecule has 0 atom stereocenters. The van der Waals surface area contributed by atoms with Crippen molar-refractivity contribution in [1.82, 2.24) is 0 Å². The van der Waals surface area contributed by atoms with Crippen LogP contribution in [-0.4, -0.2) is 25.5 Å². The first-order valence-electron chi connectivity index (χ1n) is 6.13. The number of phenolic OH excluding ortho intramolecular Hbond substituents is 1. The topological polar surface area (TPSA) is 110 Å². The van der Waals surface area contributed by atoms with Crippen LogP contribution in [0, 0.1) is 0 Å². The fraction of sp³-hybridized carbons (Fsp3) is 0.0667. The van der Waals surface area contributed by atoms with Crippen molar-refractivity contribution in [2.45, 2.75) is 6.42 Å². The van der Waals surface area contributed by atoms with Crippen LogP contribution in [0.2, 0.25) is 0 Å². The van der Waals surface area contributed by atoms with Gasteiger partial charge in [-0.3, -0.25) is 0 Å². The van der Waals surface area contributed by atoms with Crippen molar-refractivity contribution in [2.75, 3.05) is 0 Å². The van der Waals surface area contributed by atoms with Crippen molar-refractivity contribution in [1.29, 1.82) is 0 Å². The Bertz CT molecular complexity index is 734. The Morgan fingerprint density at radius 3 is 2.19 bits per heavy atom. The molecule has 6 nitrogen and oxygen atoms in total. The quantitative estimate of drug-likeness (QED) is 0.543. The lowest BCUT2D eigenvalue weighted by atomic mass is 9.97. The predicted octanol–water partition coefficient (Wildman–Crippen LogP) is 3.08. The number of ether oxygens (including phenoxy) is 1. The van der Waals surface area contributed by atoms with Crippen LogP contribution < -0.4 is 0 Å². The van der Waals surface area contributed by atoms with Gasteiger partial charge in [0, 0.05) is 23.6 Å². The molecule has 0 bridgehead atoms. The van der Waals surface area contributed by atoms with Crippen molar-refractivity contribution in [3.05, 3.63) is 70.3 Å². The van der Waals surface area contributed by atoms with E-state index in [0.29, 0.717) is 5.56 Å². The van der Waals surface area contributed by atoms with E-state index >= 15 is 0 Å². The van der Waals surface area contributed by atoms with E-state index in [1.54, 1.807) is 12.1 Å². The average Bonchev–Trinajstić information content (AvgIpc) is 2.47. The summed E-state index contributed by atoms with van der Waals surface area (Å²) in [6.45, 7) is 0. The monoisotopic (exact) mass is 288 g/mol. The fourth-order valence-electron chi connectivity index (χ4n) is 2.15. The molecule has 2 aliphatic rings. The lowest BCUT2D eigenvalue weighted by molar-refractivity contribution is 0.236. The zero-order chi connectivity index (χ0) is 15.1. The molecule has 0 saturated carbocycles. The van der Waals surface area contributed by atoms with Crippen LogP contribution in [0.15, 0.2) is 64.7 Å². The Kier molecular flexibility index (Phi) is 2.79. The third-order valence-corrected chi connectivity index (χ3v) is 3.27. The van der Waals surface area contributed by atoms with Crippen LogP contribution in [0.25, 0.3) is 5.76 Å². The normalized spacial score (nSPS) is 18.4. The number of aromatic hydroxyl groups is 1. The van der Waals surface area contributed by atoms with Gasteiger partial charge in [-0.1, -0.05) is 0 Å². The Labute approximate surface area is 119 Å². The molecule has 3 rings (SSSR count). The molecular weight excluding hydrogens is 276 g/mol. The Hall–Kier alpha value is -3.02. The molecule has 0 radical (unpaired) electrons. The van der Waals surface area contributed by atoms with Crippen LogP contribution >= 0.6 is 0 Å². The van der Waals surface area contributed by atoms with Crippen LogP contribution in [0.5, 0.6) is 5.75 Å². The second-order valence-corrected chi connectivity index (χ2v) is 4.67. The second-order valence-electron chi connectivity index (χ2n) is 4.67. The Morgan fingerprint density at radius 2 is 1.52 bits per heavy atom. The molecule has 0 saturated heterocycles. The lowest BCUT2D eigenvalue weighted by Gasteiger charge is -2.25. The summed E-state index contributed by atoms with van der Waals surface area (Å²) in [5, 5.41) is 48.2. The number of allylic oxidation sites excluding steroid dienone is 3. The molecule has 0 unspecified atom stereocenters. The van der Waals surface area contributed by atoms with Gasteiger partial charge in [-0.15, -0.1) is 0 Å². The zero-order valence-corrected chi connectivity index (χ0v) is 10.7. The fourth-order valence-corrected chi connectivity index (χ4v) is 2.15. The van der Waals surface area contributed by atoms with Crippen LogP contribution in [0.4, 0.5) is 0 Å². The Balaban J connectivity index is 2.07. The van der Waals surface area contributed by atoms with Gasteiger partial charge in [-0.2, -0.15) is 0 Å². The molecule has 1 aromatic rings. The third kappa shape index (κ3) is 2.06. The lowest BCUT2D eigenvalue weighted by Crippen LogP contribution is -2.15. The number of fused-ring (bicyclic) bond motifs is 1. The van der Waals surface area contributed by atoms with E-state index in [9.17, 15) is 25.5 Å². The number of aliphatic hydroxyl groups is 4. The smallest absolute Gasteiger partial charge is 0.205 e. The molecule has 1 aliphatic carbocycles. The molecule has 21 heavy (non-hydrogen) atoms. The highest BCUT2D eigenvalue weighted by Gasteiger charge is 2.32. The van der Waals surface area contributed by atoms with Crippen molar-refractivity contribution < 1.29 is 30.3 Å². The number of rotatable bonds is 1. The number of aliphatic hydroxyl groups excluding tert-OH is 4. The summed E-state index contributed by atoms with van der Waals surface area (Å²) in [7, 11) is 0. The van der Waals surface area contributed by atoms with Gasteiger partial charge in [-0.05, 0) is 24.3 Å². The van der Waals surface area contributed by atoms with Crippen molar-refractivity contribution >= 4 is 5.76 Å². The minimum absolute atomic E-state index is 0.0841. The molecule has 0 spiro atoms. The van der Waals surface area contributed by atoms with Gasteiger partial charge in [0.05, 0.1) is 0 Å². The maximum atomic E-state index is 10.0. The molecule has 0 amide bonds. The van der Waals surface area contributed by atoms with Crippen molar-refractivity contribution in [3.63, 3.8) is 0 Å². The highest BCUT2D eigenvalue weighted by Crippen LogP contribution is 2.39. The molecule has 0 fully saturated rings. The van der Waals surface area contributed by atoms with E-state index in [2.05, 4.69) is 0 Å². The van der Waals surface area contributed by atoms with E-state index in [1.807, 2.05) is 0 Å². The summed E-state index contributed by atoms with van der Waals surface area (Å²) in [6.07, 6.45) is 1.20. The van der Waals surface area contributed by atoms with E-state index in [0.717, 1.165) is 0 Å². The zero-order valence-electron chi connectivity index (χ0n) is 10.7. The first-order chi connectivity index (χ1) is 9.97. The summed E-state index contributed by atoms with van der Waals surface area (Å²) in [6, 6.07) is 6.06. The van der Waals surface area contributed by atoms with Gasteiger partial charge in [0.15, 0.2) is 11.5 Å². The van der Waals surface area contributed by atoms with Gasteiger partial charge in [0.2, 0.25) is 5.76 Å². The molecule has 1 aliphatic heterocycles. The summed E-state index contributed by atoms with van der Waals surface area (Å²) < 4.78 is 5.50. The Morgan fingerprint density at radius 1 is 0.857 bits per heavy atom. The van der Waals surface area contributed by atoms with Crippen molar-refractivity contribution in [2.24, 2.45) is 0 Å². The van der Waals surface area contributed by atoms with Gasteiger partial charge in [0.25, 0.3) is 0 Å². The molecule has 1 aromatic carbocycles. The summed E-state index contributed by atoms with van der Waals surface area (Å²) in [4.78, 5) is 0. The van der Waals surface area contributed by atoms with Gasteiger partial charge >= 0.3 is 0 Å². The summed E-state index contributed by atoms with van der Waals surface area (Å²) in [5.74, 6) is -1.70. The first kappa shape index (κ1) is 13.0. The maximum Gasteiger partial charge on any atom is 0.205 e. The van der Waals surface area contributed by atoms with E-state index in [-0.39, 0.29) is 35.0 Å². The number of hydrogen-bond donors (Lipinski definition) is 5. The second kappa shape index (κ2) is 4.52. The molecule has 0 aromatic heterocycles. The first-order valence-corrected chi connectivity index (χ1v) is 6.13. The van der Waals surface area contributed by atoms with Gasteiger partial charge in [0.1, 0.15) is 23.0 Å². The molecule has 6 heteroatoms. The number of benzene rings is 1. The summed E-state index contributed by atoms with van der Waals surface area (Å²) >= 11 is 0. The SMILES string of the molecule is OC1=C2CC(O)=C(O)C(O)=C2OC(c2ccc(O)cc2)=C1. The number of phenols is 1. The minimum atomic E-state index is -0.673. The van der Waals surface area contributed by atoms with Crippen molar-refractivity contribution in [3.8, 4) is 5.75 Å². The van der Waals surface area contributed by atoms with Crippen LogP contribution in [0.1, 0.15) is 12.0 Å². The molecule has 5 N–H and O–H groups in total. The standard InChI is InChI=1S/C15H12O6/c16-8-3-1-7(2-4-8)12-6-10(17)9-5-11(18)13(19)14(20)15(9)21-12/h1-4,6,16-20H,5H2. The number of hydrogen-bond acceptors (Lipinski definition) is 6. The molecule has 1 heterocycles. The highest BCUT2D eigenvalue weighted by atomic mass is 16.5. The largest absolute Gasteiger partial charge is 0.508 e. The minimum Gasteiger partial charge on any atom is -0.508 e. The average molecular weight is 288 g/mol. The van der Waals surface area contributed by atoms with E-state index in [4.69, 9.17) is 4.74 Å². The van der Waals surface area contributed by atoms with Gasteiger partial charge in [-0.25, -0.2) is 0 Å². The van der Waals surface area contributed by atoms with Gasteiger partial charge < -0.3 is 30.3 Å². The van der Waals surface area contributed by atoms with Crippen LogP contribution in [0.3, 0.4) is 0 Å². The van der Waals surface area contributed by atoms with E-state index in [1.165, 1.54) is 18.2 Å². The third-order valence-electron chi connectivity index (χ3n) is 3.27. The summed E-state index contributed by atoms with van der Waals surface area (Å²) in [5.41, 5.74) is 0.752. The molecular formula is C15H12O6.